The van der Waals surface area contributed by atoms with E-state index in [1.54, 1.807) is 0 Å². The summed E-state index contributed by atoms with van der Waals surface area (Å²) in [5.74, 6) is 0. The van der Waals surface area contributed by atoms with Gasteiger partial charge >= 0.3 is 0 Å². The van der Waals surface area contributed by atoms with Gasteiger partial charge in [0.2, 0.25) is 0 Å². The number of nitrogens with two attached hydrogens (primary N) is 1. The number of rotatable bonds is 5. The number of hydrogen-bond donors (Lipinski definition) is 1. The zero-order valence-corrected chi connectivity index (χ0v) is 13.0. The van der Waals surface area contributed by atoms with E-state index in [0.717, 1.165) is 38.2 Å². The zero-order valence-electron chi connectivity index (χ0n) is 13.0. The van der Waals surface area contributed by atoms with Crippen molar-refractivity contribution in [3.8, 4) is 11.1 Å². The molecule has 0 atom stereocenters. The summed E-state index contributed by atoms with van der Waals surface area (Å²) in [5, 5.41) is 0. The zero-order chi connectivity index (χ0) is 14.8. The van der Waals surface area contributed by atoms with E-state index in [-0.39, 0.29) is 0 Å². The Kier molecular flexibility index (Phi) is 3.98. The van der Waals surface area contributed by atoms with Crippen LogP contribution in [-0.2, 0) is 12.8 Å². The number of benzene rings is 2. The Morgan fingerprint density at radius 1 is 1.00 bits per heavy atom. The maximum atomic E-state index is 6.46. The molecule has 2 nitrogen and oxygen atoms in total. The van der Waals surface area contributed by atoms with Crippen LogP contribution in [-0.4, -0.2) is 24.5 Å². The van der Waals surface area contributed by atoms with E-state index in [2.05, 4.69) is 55.1 Å². The third kappa shape index (κ3) is 2.56. The minimum atomic E-state index is 0.983. The van der Waals surface area contributed by atoms with Crippen molar-refractivity contribution in [1.29, 1.82) is 0 Å². The van der Waals surface area contributed by atoms with E-state index in [0.29, 0.717) is 0 Å². The van der Waals surface area contributed by atoms with E-state index in [1.165, 1.54) is 27.8 Å². The van der Waals surface area contributed by atoms with Crippen LogP contribution in [0.25, 0.3) is 11.1 Å². The van der Waals surface area contributed by atoms with E-state index in [9.17, 15) is 0 Å². The van der Waals surface area contributed by atoms with Gasteiger partial charge in [0, 0.05) is 18.7 Å². The van der Waals surface area contributed by atoms with Gasteiger partial charge in [-0.3, -0.25) is 0 Å². The number of anilines is 1. The predicted octanol–water partition coefficient (Wildman–Crippen LogP) is 3.72. The molecule has 0 saturated heterocycles. The van der Waals surface area contributed by atoms with E-state index < -0.39 is 0 Å². The van der Waals surface area contributed by atoms with Crippen molar-refractivity contribution in [3.05, 3.63) is 53.1 Å². The Balaban J connectivity index is 1.86. The minimum absolute atomic E-state index is 0.983. The highest BCUT2D eigenvalue weighted by Gasteiger charge is 2.21. The van der Waals surface area contributed by atoms with Gasteiger partial charge in [0.25, 0.3) is 0 Å². The van der Waals surface area contributed by atoms with Crippen molar-refractivity contribution in [3.63, 3.8) is 0 Å². The molecular weight excluding hydrogens is 256 g/mol. The molecular formula is C19H24N2. The highest BCUT2D eigenvalue weighted by atomic mass is 15.1. The molecule has 21 heavy (non-hydrogen) atoms. The second-order valence-electron chi connectivity index (χ2n) is 5.78. The Morgan fingerprint density at radius 3 is 2.52 bits per heavy atom. The molecule has 0 saturated carbocycles. The predicted molar refractivity (Wildman–Crippen MR) is 90.6 cm³/mol. The molecule has 2 aromatic rings. The molecule has 0 radical (unpaired) electrons. The summed E-state index contributed by atoms with van der Waals surface area (Å²) in [7, 11) is 0. The lowest BCUT2D eigenvalue weighted by molar-refractivity contribution is 0.308. The van der Waals surface area contributed by atoms with Gasteiger partial charge in [-0.05, 0) is 47.3 Å². The van der Waals surface area contributed by atoms with Crippen LogP contribution < -0.4 is 5.73 Å². The van der Waals surface area contributed by atoms with Gasteiger partial charge in [-0.15, -0.1) is 0 Å². The van der Waals surface area contributed by atoms with Gasteiger partial charge in [0.15, 0.2) is 0 Å². The van der Waals surface area contributed by atoms with Gasteiger partial charge in [-0.2, -0.15) is 0 Å². The number of likely N-dealkylation sites (N-methyl/N-ethyl adjacent to an activating group) is 1. The molecule has 110 valence electrons. The molecule has 0 amide bonds. The largest absolute Gasteiger partial charge is 0.398 e. The summed E-state index contributed by atoms with van der Waals surface area (Å²) >= 11 is 0. The van der Waals surface area contributed by atoms with E-state index >= 15 is 0 Å². The third-order valence-electron chi connectivity index (χ3n) is 4.71. The Morgan fingerprint density at radius 2 is 1.76 bits per heavy atom. The van der Waals surface area contributed by atoms with Gasteiger partial charge in [0.05, 0.1) is 0 Å². The number of fused-ring (bicyclic) bond motifs is 3. The van der Waals surface area contributed by atoms with Crippen molar-refractivity contribution in [1.82, 2.24) is 4.90 Å². The quantitative estimate of drug-likeness (QED) is 0.722. The highest BCUT2D eigenvalue weighted by molar-refractivity contribution is 5.82. The summed E-state index contributed by atoms with van der Waals surface area (Å²) in [6.07, 6.45) is 2.02. The normalized spacial score (nSPS) is 12.5. The van der Waals surface area contributed by atoms with Gasteiger partial charge in [-0.25, -0.2) is 0 Å². The van der Waals surface area contributed by atoms with Crippen LogP contribution in [0.1, 0.15) is 30.5 Å². The van der Waals surface area contributed by atoms with Gasteiger partial charge < -0.3 is 10.6 Å². The van der Waals surface area contributed by atoms with Crippen molar-refractivity contribution in [2.75, 3.05) is 25.4 Å². The number of nitrogen functional groups attached to an aromatic ring is 1. The van der Waals surface area contributed by atoms with Crippen molar-refractivity contribution >= 4 is 5.69 Å². The van der Waals surface area contributed by atoms with Crippen LogP contribution in [0.5, 0.6) is 0 Å². The first-order valence-corrected chi connectivity index (χ1v) is 7.95. The summed E-state index contributed by atoms with van der Waals surface area (Å²) < 4.78 is 0. The molecule has 0 unspecified atom stereocenters. The lowest BCUT2D eigenvalue weighted by Crippen LogP contribution is -2.25. The van der Waals surface area contributed by atoms with Gasteiger partial charge in [0.1, 0.15) is 0 Å². The Labute approximate surface area is 127 Å². The van der Waals surface area contributed by atoms with Crippen LogP contribution in [0.15, 0.2) is 36.4 Å². The summed E-state index contributed by atoms with van der Waals surface area (Å²) in [6, 6.07) is 13.1. The first kappa shape index (κ1) is 14.2. The molecule has 0 fully saturated rings. The fourth-order valence-corrected chi connectivity index (χ4v) is 3.32. The summed E-state index contributed by atoms with van der Waals surface area (Å²) in [6.45, 7) is 7.72. The third-order valence-corrected chi connectivity index (χ3v) is 4.71. The fourth-order valence-electron chi connectivity index (χ4n) is 3.32. The van der Waals surface area contributed by atoms with Crippen LogP contribution in [0, 0.1) is 0 Å². The molecule has 0 aromatic heterocycles. The van der Waals surface area contributed by atoms with E-state index in [4.69, 9.17) is 5.73 Å². The van der Waals surface area contributed by atoms with Crippen molar-refractivity contribution in [2.45, 2.75) is 26.7 Å². The average Bonchev–Trinajstić information content (AvgIpc) is 2.90. The van der Waals surface area contributed by atoms with Crippen LogP contribution in [0.2, 0.25) is 0 Å². The second kappa shape index (κ2) is 5.90. The molecule has 0 heterocycles. The molecule has 2 N–H and O–H groups in total. The van der Waals surface area contributed by atoms with Crippen molar-refractivity contribution < 1.29 is 0 Å². The highest BCUT2D eigenvalue weighted by Crippen LogP contribution is 2.40. The van der Waals surface area contributed by atoms with Crippen LogP contribution in [0.4, 0.5) is 5.69 Å². The monoisotopic (exact) mass is 280 g/mol. The van der Waals surface area contributed by atoms with E-state index in [1.807, 2.05) is 0 Å². The second-order valence-corrected chi connectivity index (χ2v) is 5.78. The van der Waals surface area contributed by atoms with Crippen LogP contribution >= 0.6 is 0 Å². The lowest BCUT2D eigenvalue weighted by Gasteiger charge is -2.19. The number of nitrogens with zero attached hydrogens (tertiary/aromatic N) is 1. The maximum absolute atomic E-state index is 6.46. The molecule has 1 aliphatic rings. The van der Waals surface area contributed by atoms with Crippen molar-refractivity contribution in [2.24, 2.45) is 0 Å². The standard InChI is InChI=1S/C19H24N2/c1-3-21(4-2)12-11-14-9-10-17-16-8-6-5-7-15(16)13-18(17)19(14)20/h5-10H,3-4,11-13,20H2,1-2H3. The maximum Gasteiger partial charge on any atom is 0.0389 e. The Bertz CT molecular complexity index is 642. The number of hydrogen-bond acceptors (Lipinski definition) is 2. The molecule has 0 aliphatic heterocycles. The van der Waals surface area contributed by atoms with Gasteiger partial charge in [-0.1, -0.05) is 50.2 Å². The molecule has 2 heteroatoms. The SMILES string of the molecule is CCN(CC)CCc1ccc2c(c1N)Cc1ccccc1-2. The first-order chi connectivity index (χ1) is 10.2. The molecule has 0 bridgehead atoms. The van der Waals surface area contributed by atoms with Crippen LogP contribution in [0.3, 0.4) is 0 Å². The molecule has 1 aliphatic carbocycles. The first-order valence-electron chi connectivity index (χ1n) is 7.95. The topological polar surface area (TPSA) is 29.3 Å². The average molecular weight is 280 g/mol. The minimum Gasteiger partial charge on any atom is -0.398 e. The molecule has 2 aromatic carbocycles. The summed E-state index contributed by atoms with van der Waals surface area (Å²) in [4.78, 5) is 2.45. The molecule has 0 spiro atoms. The Hall–Kier alpha value is -1.80. The smallest absolute Gasteiger partial charge is 0.0389 e. The lowest BCUT2D eigenvalue weighted by atomic mass is 9.99. The summed E-state index contributed by atoms with van der Waals surface area (Å²) in [5.41, 5.74) is 14.2. The molecule has 3 rings (SSSR count). The fraction of sp³-hybridized carbons (Fsp3) is 0.368.